The van der Waals surface area contributed by atoms with E-state index in [0.717, 1.165) is 18.5 Å². The first-order chi connectivity index (χ1) is 12.2. The molecule has 0 bridgehead atoms. The summed E-state index contributed by atoms with van der Waals surface area (Å²) < 4.78 is 38.8. The van der Waals surface area contributed by atoms with E-state index in [4.69, 9.17) is 0 Å². The number of pyridine rings is 1. The average Bonchev–Trinajstić information content (AvgIpc) is 3.04. The molecule has 1 fully saturated rings. The second-order valence-corrected chi connectivity index (χ2v) is 7.38. The number of fused-ring (bicyclic) bond motifs is 1. The number of nitrogens with zero attached hydrogens (tertiary/aromatic N) is 3. The van der Waals surface area contributed by atoms with E-state index in [0.29, 0.717) is 37.2 Å². The Kier molecular flexibility index (Phi) is 4.94. The molecule has 2 aliphatic heterocycles. The summed E-state index contributed by atoms with van der Waals surface area (Å²) in [7, 11) is 0. The van der Waals surface area contributed by atoms with Gasteiger partial charge in [-0.15, -0.1) is 0 Å². The van der Waals surface area contributed by atoms with Gasteiger partial charge in [0.2, 0.25) is 0 Å². The van der Waals surface area contributed by atoms with Crippen LogP contribution in [0.3, 0.4) is 0 Å². The quantitative estimate of drug-likeness (QED) is 0.753. The molecule has 142 valence electrons. The zero-order chi connectivity index (χ0) is 19.1. The molecule has 1 saturated heterocycles. The monoisotopic (exact) mass is 369 g/mol. The number of halogens is 3. The van der Waals surface area contributed by atoms with E-state index in [9.17, 15) is 22.8 Å². The molecule has 0 aromatic carbocycles. The fourth-order valence-electron chi connectivity index (χ4n) is 3.78. The van der Waals surface area contributed by atoms with Crippen LogP contribution in [-0.2, 0) is 23.9 Å². The minimum Gasteiger partial charge on any atom is -0.321 e. The van der Waals surface area contributed by atoms with Crippen molar-refractivity contribution < 1.29 is 22.8 Å². The molecule has 3 heterocycles. The number of carbonyl (C=O) groups is 2. The molecule has 0 N–H and O–H groups in total. The molecular formula is C18H22F3N3O2. The average molecular weight is 369 g/mol. The van der Waals surface area contributed by atoms with Crippen molar-refractivity contribution in [3.63, 3.8) is 0 Å². The number of hydrogen-bond acceptors (Lipinski definition) is 3. The molecule has 1 aromatic rings. The predicted octanol–water partition coefficient (Wildman–Crippen LogP) is 3.12. The number of urea groups is 1. The summed E-state index contributed by atoms with van der Waals surface area (Å²) in [4.78, 5) is 31.3. The summed E-state index contributed by atoms with van der Waals surface area (Å²) in [6.45, 7) is 4.90. The second kappa shape index (κ2) is 6.89. The lowest BCUT2D eigenvalue weighted by molar-refractivity contribution is -0.137. The highest BCUT2D eigenvalue weighted by Gasteiger charge is 2.39. The van der Waals surface area contributed by atoms with Crippen LogP contribution in [0.2, 0.25) is 0 Å². The Morgan fingerprint density at radius 2 is 2.12 bits per heavy atom. The van der Waals surface area contributed by atoms with E-state index in [1.807, 2.05) is 13.8 Å². The maximum Gasteiger partial charge on any atom is 0.417 e. The third-order valence-corrected chi connectivity index (χ3v) is 5.22. The van der Waals surface area contributed by atoms with Crippen LogP contribution < -0.4 is 0 Å². The van der Waals surface area contributed by atoms with Crippen molar-refractivity contribution in [3.8, 4) is 0 Å². The lowest BCUT2D eigenvalue weighted by Crippen LogP contribution is -2.48. The molecule has 2 unspecified atom stereocenters. The highest BCUT2D eigenvalue weighted by atomic mass is 19.4. The fraction of sp³-hybridized carbons (Fsp3) is 0.611. The summed E-state index contributed by atoms with van der Waals surface area (Å²) in [6.07, 6.45) is -1.66. The standard InChI is InChI=1S/C18H22F3N3O2/c1-11(2)16-5-12(10-25)8-24(16)17(26)23-4-3-15-13(9-23)6-14(7-22-15)18(19,20)21/h6-7,10-12,16H,3-5,8-9H2,1-2H3. The van der Waals surface area contributed by atoms with Crippen molar-refractivity contribution in [2.75, 3.05) is 13.1 Å². The first-order valence-electron chi connectivity index (χ1n) is 8.76. The van der Waals surface area contributed by atoms with Gasteiger partial charge in [-0.3, -0.25) is 4.98 Å². The van der Waals surface area contributed by atoms with Crippen LogP contribution in [0.5, 0.6) is 0 Å². The van der Waals surface area contributed by atoms with Gasteiger partial charge in [0.15, 0.2) is 0 Å². The number of carbonyl (C=O) groups excluding carboxylic acids is 2. The molecule has 2 aliphatic rings. The molecule has 0 aliphatic carbocycles. The Labute approximate surface area is 150 Å². The summed E-state index contributed by atoms with van der Waals surface area (Å²) in [5.74, 6) is 0.0291. The number of amides is 2. The van der Waals surface area contributed by atoms with E-state index < -0.39 is 11.7 Å². The zero-order valence-corrected chi connectivity index (χ0v) is 14.8. The fourth-order valence-corrected chi connectivity index (χ4v) is 3.78. The van der Waals surface area contributed by atoms with Gasteiger partial charge in [-0.25, -0.2) is 4.79 Å². The van der Waals surface area contributed by atoms with Gasteiger partial charge in [-0.05, 0) is 24.0 Å². The molecule has 5 nitrogen and oxygen atoms in total. The van der Waals surface area contributed by atoms with E-state index in [1.165, 1.54) is 0 Å². The molecule has 8 heteroatoms. The number of rotatable bonds is 2. The topological polar surface area (TPSA) is 53.5 Å². The SMILES string of the molecule is CC(C)C1CC(C=O)CN1C(=O)N1CCc2ncc(C(F)(F)F)cc2C1. The van der Waals surface area contributed by atoms with Gasteiger partial charge in [0, 0.05) is 49.9 Å². The van der Waals surface area contributed by atoms with Gasteiger partial charge < -0.3 is 14.6 Å². The van der Waals surface area contributed by atoms with Crippen LogP contribution in [0.25, 0.3) is 0 Å². The molecule has 1 aromatic heterocycles. The largest absolute Gasteiger partial charge is 0.417 e. The van der Waals surface area contributed by atoms with E-state index in [-0.39, 0.29) is 30.5 Å². The van der Waals surface area contributed by atoms with E-state index in [1.54, 1.807) is 9.80 Å². The summed E-state index contributed by atoms with van der Waals surface area (Å²) >= 11 is 0. The summed E-state index contributed by atoms with van der Waals surface area (Å²) in [5, 5.41) is 0. The molecule has 0 saturated carbocycles. The minimum absolute atomic E-state index is 0.0290. The minimum atomic E-state index is -4.46. The predicted molar refractivity (Wildman–Crippen MR) is 88.3 cm³/mol. The molecule has 2 atom stereocenters. The lowest BCUT2D eigenvalue weighted by atomic mass is 9.98. The van der Waals surface area contributed by atoms with Crippen LogP contribution in [0, 0.1) is 11.8 Å². The van der Waals surface area contributed by atoms with Gasteiger partial charge in [0.05, 0.1) is 5.56 Å². The Hall–Kier alpha value is -2.12. The Bertz CT molecular complexity index is 705. The van der Waals surface area contributed by atoms with Crippen LogP contribution in [-0.4, -0.2) is 46.2 Å². The van der Waals surface area contributed by atoms with Crippen LogP contribution in [0.1, 0.15) is 37.1 Å². The van der Waals surface area contributed by atoms with Crippen molar-refractivity contribution in [2.45, 2.75) is 45.5 Å². The maximum atomic E-state index is 13.0. The molecule has 3 rings (SSSR count). The highest BCUT2D eigenvalue weighted by Crippen LogP contribution is 2.32. The van der Waals surface area contributed by atoms with Crippen LogP contribution >= 0.6 is 0 Å². The van der Waals surface area contributed by atoms with E-state index in [2.05, 4.69) is 4.98 Å². The first kappa shape index (κ1) is 18.7. The molecule has 0 spiro atoms. The number of likely N-dealkylation sites (tertiary alicyclic amines) is 1. The number of alkyl halides is 3. The van der Waals surface area contributed by atoms with E-state index >= 15 is 0 Å². The third kappa shape index (κ3) is 3.54. The molecular weight excluding hydrogens is 347 g/mol. The Morgan fingerprint density at radius 1 is 1.38 bits per heavy atom. The third-order valence-electron chi connectivity index (χ3n) is 5.22. The molecule has 2 amide bonds. The van der Waals surface area contributed by atoms with Crippen molar-refractivity contribution >= 4 is 12.3 Å². The number of aromatic nitrogens is 1. The van der Waals surface area contributed by atoms with Gasteiger partial charge in [-0.2, -0.15) is 13.2 Å². The smallest absolute Gasteiger partial charge is 0.321 e. The summed E-state index contributed by atoms with van der Waals surface area (Å²) in [6, 6.07) is 0.842. The molecule has 0 radical (unpaired) electrons. The number of hydrogen-bond donors (Lipinski definition) is 0. The maximum absolute atomic E-state index is 13.0. The normalized spacial score (nSPS) is 23.3. The Morgan fingerprint density at radius 3 is 2.73 bits per heavy atom. The van der Waals surface area contributed by atoms with Crippen molar-refractivity contribution in [1.82, 2.24) is 14.8 Å². The zero-order valence-electron chi connectivity index (χ0n) is 14.8. The summed E-state index contributed by atoms with van der Waals surface area (Å²) in [5.41, 5.74) is 0.245. The Balaban J connectivity index is 1.79. The van der Waals surface area contributed by atoms with Crippen LogP contribution in [0.15, 0.2) is 12.3 Å². The number of aldehydes is 1. The molecule has 26 heavy (non-hydrogen) atoms. The van der Waals surface area contributed by atoms with Crippen molar-refractivity contribution in [3.05, 3.63) is 29.1 Å². The van der Waals surface area contributed by atoms with Gasteiger partial charge >= 0.3 is 12.2 Å². The van der Waals surface area contributed by atoms with Gasteiger partial charge in [0.25, 0.3) is 0 Å². The van der Waals surface area contributed by atoms with Crippen LogP contribution in [0.4, 0.5) is 18.0 Å². The first-order valence-corrected chi connectivity index (χ1v) is 8.76. The lowest BCUT2D eigenvalue weighted by Gasteiger charge is -2.35. The van der Waals surface area contributed by atoms with Crippen molar-refractivity contribution in [2.24, 2.45) is 11.8 Å². The highest BCUT2D eigenvalue weighted by molar-refractivity contribution is 5.76. The second-order valence-electron chi connectivity index (χ2n) is 7.38. The van der Waals surface area contributed by atoms with Gasteiger partial charge in [-0.1, -0.05) is 13.8 Å². The van der Waals surface area contributed by atoms with Gasteiger partial charge in [0.1, 0.15) is 6.29 Å². The van der Waals surface area contributed by atoms with Crippen molar-refractivity contribution in [1.29, 1.82) is 0 Å².